The summed E-state index contributed by atoms with van der Waals surface area (Å²) in [6.45, 7) is 6.48. The molecule has 0 aliphatic carbocycles. The minimum atomic E-state index is -0.937. The number of ether oxygens (including phenoxy) is 1. The van der Waals surface area contributed by atoms with E-state index in [0.29, 0.717) is 12.4 Å². The minimum Gasteiger partial charge on any atom is -0.598 e. The Hall–Kier alpha value is 0.230. The van der Waals surface area contributed by atoms with E-state index in [1.54, 1.807) is 7.05 Å². The molecule has 0 saturated carbocycles. The minimum absolute atomic E-state index is 0.127. The predicted molar refractivity (Wildman–Crippen MR) is 47.8 cm³/mol. The van der Waals surface area contributed by atoms with Crippen molar-refractivity contribution in [2.24, 2.45) is 0 Å². The summed E-state index contributed by atoms with van der Waals surface area (Å²) in [7, 11) is 1.67. The summed E-state index contributed by atoms with van der Waals surface area (Å²) in [5.74, 6) is 0.549. The van der Waals surface area contributed by atoms with Crippen LogP contribution in [0.15, 0.2) is 0 Å². The van der Waals surface area contributed by atoms with Crippen LogP contribution in [0.25, 0.3) is 0 Å². The third kappa shape index (κ3) is 8.13. The van der Waals surface area contributed by atoms with Gasteiger partial charge < -0.3 is 9.29 Å². The van der Waals surface area contributed by atoms with Gasteiger partial charge in [-0.05, 0) is 20.8 Å². The summed E-state index contributed by atoms with van der Waals surface area (Å²) in [5, 5.41) is 0. The standard InChI is InChI=1S/C7H17NO2S/c1-7(2,3)10-5-6-11(9)8-4/h8H,5-6H2,1-4H3. The zero-order valence-corrected chi connectivity index (χ0v) is 8.46. The highest BCUT2D eigenvalue weighted by Gasteiger charge is 2.11. The van der Waals surface area contributed by atoms with Gasteiger partial charge in [-0.3, -0.25) is 0 Å². The van der Waals surface area contributed by atoms with E-state index in [0.717, 1.165) is 0 Å². The van der Waals surface area contributed by atoms with Crippen molar-refractivity contribution in [1.82, 2.24) is 4.72 Å². The number of rotatable bonds is 4. The van der Waals surface area contributed by atoms with E-state index < -0.39 is 11.4 Å². The van der Waals surface area contributed by atoms with Crippen LogP contribution in [0.5, 0.6) is 0 Å². The quantitative estimate of drug-likeness (QED) is 0.646. The molecule has 11 heavy (non-hydrogen) atoms. The predicted octanol–water partition coefficient (Wildman–Crippen LogP) is 0.685. The van der Waals surface area contributed by atoms with Gasteiger partial charge in [0.15, 0.2) is 0 Å². The molecule has 0 amide bonds. The Balaban J connectivity index is 3.28. The second kappa shape index (κ2) is 4.98. The van der Waals surface area contributed by atoms with Crippen LogP contribution >= 0.6 is 0 Å². The van der Waals surface area contributed by atoms with Crippen molar-refractivity contribution in [1.29, 1.82) is 0 Å². The van der Waals surface area contributed by atoms with Crippen LogP contribution in [0.1, 0.15) is 20.8 Å². The molecule has 1 N–H and O–H groups in total. The van der Waals surface area contributed by atoms with Gasteiger partial charge in [-0.15, -0.1) is 4.72 Å². The molecule has 0 rings (SSSR count). The molecule has 0 fully saturated rings. The van der Waals surface area contributed by atoms with Crippen molar-refractivity contribution < 1.29 is 9.29 Å². The highest BCUT2D eigenvalue weighted by atomic mass is 32.2. The number of hydrogen-bond acceptors (Lipinski definition) is 3. The molecule has 1 atom stereocenters. The third-order valence-electron chi connectivity index (χ3n) is 1.03. The lowest BCUT2D eigenvalue weighted by molar-refractivity contribution is 0.00638. The summed E-state index contributed by atoms with van der Waals surface area (Å²) in [6, 6.07) is 0. The molecule has 3 nitrogen and oxygen atoms in total. The Morgan fingerprint density at radius 2 is 2.00 bits per heavy atom. The fraction of sp³-hybridized carbons (Fsp3) is 1.00. The maximum absolute atomic E-state index is 10.8. The molecule has 0 spiro atoms. The summed E-state index contributed by atoms with van der Waals surface area (Å²) in [6.07, 6.45) is 0. The van der Waals surface area contributed by atoms with Gasteiger partial charge in [0, 0.05) is 18.4 Å². The fourth-order valence-electron chi connectivity index (χ4n) is 0.526. The van der Waals surface area contributed by atoms with Crippen molar-refractivity contribution >= 4 is 11.4 Å². The first kappa shape index (κ1) is 11.2. The van der Waals surface area contributed by atoms with Crippen LogP contribution < -0.4 is 4.72 Å². The van der Waals surface area contributed by atoms with Crippen molar-refractivity contribution in [3.05, 3.63) is 0 Å². The number of nitrogens with one attached hydrogen (secondary N) is 1. The van der Waals surface area contributed by atoms with Crippen LogP contribution in [0.3, 0.4) is 0 Å². The molecule has 0 aromatic carbocycles. The average molecular weight is 179 g/mol. The molecule has 0 aliphatic rings. The first-order valence-electron chi connectivity index (χ1n) is 3.65. The fourth-order valence-corrected chi connectivity index (χ4v) is 0.964. The Labute approximate surface area is 71.8 Å². The maximum atomic E-state index is 10.8. The molecule has 0 bridgehead atoms. The molecule has 1 unspecified atom stereocenters. The summed E-state index contributed by atoms with van der Waals surface area (Å²) < 4.78 is 18.8. The monoisotopic (exact) mass is 179 g/mol. The summed E-state index contributed by atoms with van der Waals surface area (Å²) in [4.78, 5) is 0. The van der Waals surface area contributed by atoms with Crippen LogP contribution in [0.2, 0.25) is 0 Å². The molecule has 68 valence electrons. The van der Waals surface area contributed by atoms with E-state index in [9.17, 15) is 4.55 Å². The van der Waals surface area contributed by atoms with Gasteiger partial charge in [0.05, 0.1) is 12.2 Å². The largest absolute Gasteiger partial charge is 0.598 e. The maximum Gasteiger partial charge on any atom is 0.148 e. The molecule has 0 aliphatic heterocycles. The van der Waals surface area contributed by atoms with Gasteiger partial charge in [-0.25, -0.2) is 0 Å². The van der Waals surface area contributed by atoms with Crippen molar-refractivity contribution in [3.63, 3.8) is 0 Å². The smallest absolute Gasteiger partial charge is 0.148 e. The van der Waals surface area contributed by atoms with Gasteiger partial charge in [-0.1, -0.05) is 0 Å². The topological polar surface area (TPSA) is 44.3 Å². The zero-order valence-electron chi connectivity index (χ0n) is 7.64. The van der Waals surface area contributed by atoms with Gasteiger partial charge in [-0.2, -0.15) is 0 Å². The van der Waals surface area contributed by atoms with Gasteiger partial charge in [0.2, 0.25) is 0 Å². The van der Waals surface area contributed by atoms with E-state index in [-0.39, 0.29) is 5.60 Å². The van der Waals surface area contributed by atoms with E-state index in [1.807, 2.05) is 20.8 Å². The van der Waals surface area contributed by atoms with E-state index in [2.05, 4.69) is 4.72 Å². The first-order chi connectivity index (χ1) is 4.95. The van der Waals surface area contributed by atoms with E-state index in [1.165, 1.54) is 0 Å². The SMILES string of the molecule is CN[S+]([O-])CCOC(C)(C)C. The lowest BCUT2D eigenvalue weighted by Crippen LogP contribution is -2.28. The number of hydrogen-bond donors (Lipinski definition) is 1. The molecule has 0 saturated heterocycles. The molecular weight excluding hydrogens is 162 g/mol. The highest BCUT2D eigenvalue weighted by Crippen LogP contribution is 2.05. The summed E-state index contributed by atoms with van der Waals surface area (Å²) >= 11 is -0.937. The molecule has 0 aromatic rings. The van der Waals surface area contributed by atoms with Gasteiger partial charge >= 0.3 is 0 Å². The van der Waals surface area contributed by atoms with Crippen LogP contribution in [0.4, 0.5) is 0 Å². The molecular formula is C7H17NO2S. The van der Waals surface area contributed by atoms with Crippen molar-refractivity contribution in [3.8, 4) is 0 Å². The Bertz CT molecular complexity index is 103. The summed E-state index contributed by atoms with van der Waals surface area (Å²) in [5.41, 5.74) is -0.127. The van der Waals surface area contributed by atoms with Gasteiger partial charge in [0.1, 0.15) is 5.75 Å². The van der Waals surface area contributed by atoms with Crippen LogP contribution in [-0.2, 0) is 16.1 Å². The second-order valence-corrected chi connectivity index (χ2v) is 4.72. The second-order valence-electron chi connectivity index (χ2n) is 3.21. The Morgan fingerprint density at radius 1 is 1.45 bits per heavy atom. The Kier molecular flexibility index (Phi) is 5.08. The average Bonchev–Trinajstić information content (AvgIpc) is 1.85. The molecule has 0 radical (unpaired) electrons. The van der Waals surface area contributed by atoms with Crippen molar-refractivity contribution in [2.75, 3.05) is 19.4 Å². The molecule has 0 heterocycles. The zero-order chi connectivity index (χ0) is 8.91. The third-order valence-corrected chi connectivity index (χ3v) is 2.02. The normalized spacial score (nSPS) is 15.0. The lowest BCUT2D eigenvalue weighted by atomic mass is 10.2. The highest BCUT2D eigenvalue weighted by molar-refractivity contribution is 7.89. The van der Waals surface area contributed by atoms with E-state index >= 15 is 0 Å². The van der Waals surface area contributed by atoms with E-state index in [4.69, 9.17) is 4.74 Å². The van der Waals surface area contributed by atoms with Crippen LogP contribution in [0, 0.1) is 0 Å². The molecule has 4 heteroatoms. The van der Waals surface area contributed by atoms with Crippen molar-refractivity contribution in [2.45, 2.75) is 26.4 Å². The molecule has 0 aromatic heterocycles. The lowest BCUT2D eigenvalue weighted by Gasteiger charge is -2.19. The first-order valence-corrected chi connectivity index (χ1v) is 4.97. The van der Waals surface area contributed by atoms with Crippen LogP contribution in [-0.4, -0.2) is 29.6 Å². The Morgan fingerprint density at radius 3 is 2.36 bits per heavy atom. The van der Waals surface area contributed by atoms with Gasteiger partial charge in [0.25, 0.3) is 0 Å².